The molecule has 5 aromatic carbocycles. The lowest BCUT2D eigenvalue weighted by molar-refractivity contribution is -0.00518. The third kappa shape index (κ3) is 4.53. The van der Waals surface area contributed by atoms with Gasteiger partial charge in [-0.2, -0.15) is 0 Å². The smallest absolute Gasteiger partial charge is 0.205 e. The molecule has 0 amide bonds. The maximum atomic E-state index is 8.31. The van der Waals surface area contributed by atoms with Gasteiger partial charge < -0.3 is 0 Å². The highest BCUT2D eigenvalue weighted by molar-refractivity contribution is 6.07. The molecule has 4 fully saturated rings. The zero-order chi connectivity index (χ0) is 30.7. The molecule has 0 aliphatic heterocycles. The van der Waals surface area contributed by atoms with Crippen LogP contribution in [0, 0.1) is 24.3 Å². The Labute approximate surface area is 270 Å². The van der Waals surface area contributed by atoms with Gasteiger partial charge in [0.25, 0.3) is 0 Å². The molecule has 4 aliphatic carbocycles. The second-order valence-electron chi connectivity index (χ2n) is 13.8. The summed E-state index contributed by atoms with van der Waals surface area (Å²) in [5, 5.41) is 1.98. The van der Waals surface area contributed by atoms with Crippen molar-refractivity contribution in [3.63, 3.8) is 0 Å². The quantitative estimate of drug-likeness (QED) is 0.187. The van der Waals surface area contributed by atoms with Crippen molar-refractivity contribution in [3.05, 3.63) is 132 Å². The van der Waals surface area contributed by atoms with E-state index in [0.717, 1.165) is 45.2 Å². The van der Waals surface area contributed by atoms with Gasteiger partial charge in [-0.05, 0) is 89.2 Å². The summed E-state index contributed by atoms with van der Waals surface area (Å²) in [5.74, 6) is 4.49. The zero-order valence-electron chi connectivity index (χ0n) is 25.7. The van der Waals surface area contributed by atoms with E-state index in [4.69, 9.17) is 21.5 Å². The molecule has 0 spiro atoms. The van der Waals surface area contributed by atoms with Gasteiger partial charge in [-0.1, -0.05) is 115 Å². The first-order chi connectivity index (χ1) is 22.7. The molecule has 10 rings (SSSR count). The minimum Gasteiger partial charge on any atom is -0.237 e. The number of benzene rings is 5. The zero-order valence-corrected chi connectivity index (χ0v) is 25.7. The molecular weight excluding hydrogens is 560 g/mol. The number of aromatic nitrogens is 3. The molecule has 46 heavy (non-hydrogen) atoms. The van der Waals surface area contributed by atoms with Crippen molar-refractivity contribution in [2.24, 2.45) is 17.8 Å². The van der Waals surface area contributed by atoms with Crippen LogP contribution in [0.5, 0.6) is 0 Å². The second-order valence-corrected chi connectivity index (χ2v) is 13.8. The highest BCUT2D eigenvalue weighted by atomic mass is 15.0. The Kier molecular flexibility index (Phi) is 6.35. The van der Waals surface area contributed by atoms with Crippen LogP contribution in [0.3, 0.4) is 0 Å². The fourth-order valence-corrected chi connectivity index (χ4v) is 9.29. The number of fused-ring (bicyclic) bond motifs is 1. The molecular formula is C42H34N4. The van der Waals surface area contributed by atoms with E-state index in [1.807, 2.05) is 66.7 Å². The van der Waals surface area contributed by atoms with Gasteiger partial charge in [-0.15, -0.1) is 0 Å². The molecule has 222 valence electrons. The molecule has 1 aromatic heterocycles. The summed E-state index contributed by atoms with van der Waals surface area (Å²) in [6, 6.07) is 39.8. The van der Waals surface area contributed by atoms with Crippen LogP contribution in [0.25, 0.3) is 60.9 Å². The van der Waals surface area contributed by atoms with Gasteiger partial charge in [-0.25, -0.2) is 19.8 Å². The van der Waals surface area contributed by atoms with Crippen LogP contribution in [0.2, 0.25) is 0 Å². The van der Waals surface area contributed by atoms with Crippen LogP contribution in [0.4, 0.5) is 5.69 Å². The summed E-state index contributed by atoms with van der Waals surface area (Å²) in [7, 11) is 0. The van der Waals surface area contributed by atoms with Crippen LogP contribution >= 0.6 is 0 Å². The fourth-order valence-electron chi connectivity index (χ4n) is 9.29. The summed E-state index contributed by atoms with van der Waals surface area (Å²) in [4.78, 5) is 18.8. The Morgan fingerprint density at radius 1 is 0.500 bits per heavy atom. The third-order valence-corrected chi connectivity index (χ3v) is 10.9. The Morgan fingerprint density at radius 3 is 1.63 bits per heavy atom. The van der Waals surface area contributed by atoms with E-state index in [9.17, 15) is 0 Å². The monoisotopic (exact) mass is 594 g/mol. The lowest BCUT2D eigenvalue weighted by atomic mass is 9.48. The SMILES string of the molecule is [C-]#[N+]c1c(-c2nc(-c3ccccc3)nc(-c3ccccc3)n2)ccc2c(-c3ccc(C45CC6CC(CC(C6)C4)C5)cc3)cccc12. The first-order valence-corrected chi connectivity index (χ1v) is 16.6. The standard InChI is InChI=1S/C42H34N4/c1-43-38-36-14-8-13-34(30-15-17-33(18-16-30)42-24-27-21-28(25-42)23-29(22-27)26-42)35(36)19-20-37(38)41-45-39(31-9-4-2-5-10-31)44-40(46-41)32-11-6-3-7-12-32/h2-20,27-29H,21-26H2. The lowest BCUT2D eigenvalue weighted by Crippen LogP contribution is -2.48. The minimum absolute atomic E-state index is 0.389. The topological polar surface area (TPSA) is 43.0 Å². The van der Waals surface area contributed by atoms with E-state index < -0.39 is 0 Å². The first-order valence-electron chi connectivity index (χ1n) is 16.6. The van der Waals surface area contributed by atoms with E-state index in [0.29, 0.717) is 34.1 Å². The molecule has 6 aromatic rings. The normalized spacial score (nSPS) is 23.0. The highest BCUT2D eigenvalue weighted by Crippen LogP contribution is 2.60. The number of nitrogens with zero attached hydrogens (tertiary/aromatic N) is 4. The van der Waals surface area contributed by atoms with Gasteiger partial charge in [0, 0.05) is 16.7 Å². The predicted molar refractivity (Wildman–Crippen MR) is 185 cm³/mol. The highest BCUT2D eigenvalue weighted by Gasteiger charge is 2.51. The Bertz CT molecular complexity index is 2030. The Balaban J connectivity index is 1.13. The van der Waals surface area contributed by atoms with Crippen molar-refractivity contribution in [1.29, 1.82) is 0 Å². The largest absolute Gasteiger partial charge is 0.237 e. The van der Waals surface area contributed by atoms with E-state index in [-0.39, 0.29) is 0 Å². The minimum atomic E-state index is 0.389. The summed E-state index contributed by atoms with van der Waals surface area (Å²) in [6.45, 7) is 8.31. The summed E-state index contributed by atoms with van der Waals surface area (Å²) in [5.41, 5.74) is 7.37. The molecule has 0 atom stereocenters. The maximum Gasteiger partial charge on any atom is 0.205 e. The second kappa shape index (κ2) is 10.7. The lowest BCUT2D eigenvalue weighted by Gasteiger charge is -2.57. The van der Waals surface area contributed by atoms with Crippen molar-refractivity contribution in [3.8, 4) is 45.3 Å². The van der Waals surface area contributed by atoms with E-state index >= 15 is 0 Å². The van der Waals surface area contributed by atoms with Crippen LogP contribution in [0.1, 0.15) is 44.1 Å². The molecule has 1 heterocycles. The maximum absolute atomic E-state index is 8.31. The predicted octanol–water partition coefficient (Wildman–Crippen LogP) is 10.7. The first kappa shape index (κ1) is 27.2. The molecule has 0 saturated heterocycles. The van der Waals surface area contributed by atoms with Crippen molar-refractivity contribution >= 4 is 16.5 Å². The molecule has 0 radical (unpaired) electrons. The van der Waals surface area contributed by atoms with Gasteiger partial charge in [0.05, 0.1) is 6.57 Å². The van der Waals surface area contributed by atoms with Gasteiger partial charge >= 0.3 is 0 Å². The summed E-state index contributed by atoms with van der Waals surface area (Å²) in [6.07, 6.45) is 8.51. The average molecular weight is 595 g/mol. The van der Waals surface area contributed by atoms with Crippen LogP contribution < -0.4 is 0 Å². The Morgan fingerprint density at radius 2 is 1.07 bits per heavy atom. The van der Waals surface area contributed by atoms with Crippen molar-refractivity contribution in [2.75, 3.05) is 0 Å². The van der Waals surface area contributed by atoms with Gasteiger partial charge in [0.15, 0.2) is 17.5 Å². The fraction of sp³-hybridized carbons (Fsp3) is 0.238. The van der Waals surface area contributed by atoms with E-state index in [1.54, 1.807) is 0 Å². The molecule has 0 unspecified atom stereocenters. The number of hydrogen-bond donors (Lipinski definition) is 0. The summed E-state index contributed by atoms with van der Waals surface area (Å²) < 4.78 is 0. The van der Waals surface area contributed by atoms with Gasteiger partial charge in [0.2, 0.25) is 5.69 Å². The average Bonchev–Trinajstić information content (AvgIpc) is 3.11. The molecule has 4 aliphatic rings. The van der Waals surface area contributed by atoms with Gasteiger partial charge in [-0.3, -0.25) is 0 Å². The van der Waals surface area contributed by atoms with Crippen LogP contribution in [-0.4, -0.2) is 15.0 Å². The summed E-state index contributed by atoms with van der Waals surface area (Å²) >= 11 is 0. The molecule has 4 saturated carbocycles. The third-order valence-electron chi connectivity index (χ3n) is 10.9. The number of rotatable bonds is 5. The van der Waals surface area contributed by atoms with Crippen LogP contribution in [-0.2, 0) is 5.41 Å². The Hall–Kier alpha value is -5.14. The number of hydrogen-bond acceptors (Lipinski definition) is 3. The molecule has 4 bridgehead atoms. The van der Waals surface area contributed by atoms with E-state index in [2.05, 4.69) is 53.4 Å². The molecule has 4 heteroatoms. The molecule has 4 nitrogen and oxygen atoms in total. The van der Waals surface area contributed by atoms with E-state index in [1.165, 1.54) is 49.7 Å². The van der Waals surface area contributed by atoms with Crippen molar-refractivity contribution in [2.45, 2.75) is 43.9 Å². The molecule has 0 N–H and O–H groups in total. The van der Waals surface area contributed by atoms with Crippen LogP contribution in [0.15, 0.2) is 115 Å². The van der Waals surface area contributed by atoms with Gasteiger partial charge in [0.1, 0.15) is 0 Å². The van der Waals surface area contributed by atoms with Crippen molar-refractivity contribution in [1.82, 2.24) is 15.0 Å². The van der Waals surface area contributed by atoms with Crippen molar-refractivity contribution < 1.29 is 0 Å².